The highest BCUT2D eigenvalue weighted by atomic mass is 16.5. The van der Waals surface area contributed by atoms with E-state index in [1.54, 1.807) is 24.1 Å². The lowest BCUT2D eigenvalue weighted by molar-refractivity contribution is 0.0119. The van der Waals surface area contributed by atoms with Gasteiger partial charge in [-0.25, -0.2) is 4.79 Å². The van der Waals surface area contributed by atoms with Gasteiger partial charge >= 0.3 is 6.03 Å². The van der Waals surface area contributed by atoms with Gasteiger partial charge in [-0.3, -0.25) is 4.90 Å². The molecule has 0 bridgehead atoms. The number of hydrogen-bond donors (Lipinski definition) is 1. The van der Waals surface area contributed by atoms with Gasteiger partial charge < -0.3 is 19.4 Å². The molecule has 1 unspecified atom stereocenters. The maximum atomic E-state index is 12.6. The molecule has 1 saturated heterocycles. The molecule has 0 spiro atoms. The third-order valence-corrected chi connectivity index (χ3v) is 4.85. The number of amides is 2. The number of furan rings is 1. The molecule has 148 valence electrons. The molecule has 1 N–H and O–H groups in total. The third kappa shape index (κ3) is 5.12. The maximum Gasteiger partial charge on any atom is 0.317 e. The molecule has 1 atom stereocenters. The van der Waals surface area contributed by atoms with Gasteiger partial charge in [0.05, 0.1) is 30.9 Å². The van der Waals surface area contributed by atoms with Crippen LogP contribution in [0.25, 0.3) is 0 Å². The van der Waals surface area contributed by atoms with Crippen molar-refractivity contribution in [2.45, 2.75) is 19.5 Å². The Morgan fingerprint density at radius 3 is 2.79 bits per heavy atom. The predicted molar refractivity (Wildman–Crippen MR) is 105 cm³/mol. The summed E-state index contributed by atoms with van der Waals surface area (Å²) in [6, 6.07) is 13.1. The summed E-state index contributed by atoms with van der Waals surface area (Å²) in [6.07, 6.45) is 0. The standard InChI is InChI=1S/C21H26N4O3/c1-16-6-7-20(28-16)19(25-8-10-27-11-9-25)14-23-21(26)24(2)15-18-5-3-4-17(12-18)13-22/h3-7,12,19H,8-11,14-15H2,1-2H3,(H,23,26). The largest absolute Gasteiger partial charge is 0.465 e. The first-order valence-corrected chi connectivity index (χ1v) is 9.43. The van der Waals surface area contributed by atoms with Crippen LogP contribution < -0.4 is 5.32 Å². The number of nitriles is 1. The number of hydrogen-bond acceptors (Lipinski definition) is 5. The van der Waals surface area contributed by atoms with Crippen molar-refractivity contribution in [3.05, 3.63) is 59.0 Å². The molecule has 7 heteroatoms. The number of benzene rings is 1. The van der Waals surface area contributed by atoms with E-state index in [0.717, 1.165) is 30.2 Å². The molecule has 1 aromatic carbocycles. The fourth-order valence-corrected chi connectivity index (χ4v) is 3.34. The van der Waals surface area contributed by atoms with Crippen molar-refractivity contribution < 1.29 is 13.9 Å². The van der Waals surface area contributed by atoms with Crippen LogP contribution in [0.1, 0.15) is 28.7 Å². The van der Waals surface area contributed by atoms with Crippen molar-refractivity contribution in [2.75, 3.05) is 39.9 Å². The minimum atomic E-state index is -0.163. The second-order valence-electron chi connectivity index (χ2n) is 6.97. The number of ether oxygens (including phenoxy) is 1. The molecule has 1 aliphatic heterocycles. The molecule has 1 aliphatic rings. The number of rotatable bonds is 6. The summed E-state index contributed by atoms with van der Waals surface area (Å²) in [4.78, 5) is 16.5. The molecule has 1 aromatic heterocycles. The fourth-order valence-electron chi connectivity index (χ4n) is 3.34. The highest BCUT2D eigenvalue weighted by Gasteiger charge is 2.26. The van der Waals surface area contributed by atoms with Gasteiger partial charge in [0.25, 0.3) is 0 Å². The van der Waals surface area contributed by atoms with Crippen molar-refractivity contribution in [3.63, 3.8) is 0 Å². The Hall–Kier alpha value is -2.82. The highest BCUT2D eigenvalue weighted by Crippen LogP contribution is 2.23. The van der Waals surface area contributed by atoms with E-state index in [-0.39, 0.29) is 12.1 Å². The fraction of sp³-hybridized carbons (Fsp3) is 0.429. The zero-order valence-electron chi connectivity index (χ0n) is 16.4. The topological polar surface area (TPSA) is 81.7 Å². The van der Waals surface area contributed by atoms with E-state index in [2.05, 4.69) is 16.3 Å². The molecule has 28 heavy (non-hydrogen) atoms. The molecular weight excluding hydrogens is 356 g/mol. The zero-order chi connectivity index (χ0) is 19.9. The molecule has 2 heterocycles. The smallest absolute Gasteiger partial charge is 0.317 e. The van der Waals surface area contributed by atoms with Gasteiger partial charge in [-0.1, -0.05) is 12.1 Å². The SMILES string of the molecule is Cc1ccc(C(CNC(=O)N(C)Cc2cccc(C#N)c2)N2CCOCC2)o1. The van der Waals surface area contributed by atoms with Gasteiger partial charge in [0, 0.05) is 33.2 Å². The van der Waals surface area contributed by atoms with Crippen LogP contribution >= 0.6 is 0 Å². The van der Waals surface area contributed by atoms with Gasteiger partial charge in [0.2, 0.25) is 0 Å². The van der Waals surface area contributed by atoms with Gasteiger partial charge in [-0.15, -0.1) is 0 Å². The van der Waals surface area contributed by atoms with E-state index in [9.17, 15) is 4.79 Å². The zero-order valence-corrected chi connectivity index (χ0v) is 16.4. The lowest BCUT2D eigenvalue weighted by atomic mass is 10.1. The number of carbonyl (C=O) groups is 1. The summed E-state index contributed by atoms with van der Waals surface area (Å²) in [5.74, 6) is 1.71. The molecule has 0 aliphatic carbocycles. The molecule has 1 fully saturated rings. The minimum absolute atomic E-state index is 0.0307. The first-order chi connectivity index (χ1) is 13.6. The van der Waals surface area contributed by atoms with Crippen LogP contribution in [-0.2, 0) is 11.3 Å². The van der Waals surface area contributed by atoms with Gasteiger partial charge in [-0.2, -0.15) is 5.26 Å². The third-order valence-electron chi connectivity index (χ3n) is 4.85. The Labute approximate surface area is 165 Å². The number of aryl methyl sites for hydroxylation is 1. The average Bonchev–Trinajstić information content (AvgIpc) is 3.15. The molecule has 0 radical (unpaired) electrons. The maximum absolute atomic E-state index is 12.6. The molecule has 0 saturated carbocycles. The first-order valence-electron chi connectivity index (χ1n) is 9.43. The lowest BCUT2D eigenvalue weighted by Crippen LogP contribution is -2.45. The van der Waals surface area contributed by atoms with E-state index >= 15 is 0 Å². The minimum Gasteiger partial charge on any atom is -0.465 e. The van der Waals surface area contributed by atoms with E-state index in [1.165, 1.54) is 0 Å². The Balaban J connectivity index is 1.61. The molecule has 3 rings (SSSR count). The molecule has 2 aromatic rings. The monoisotopic (exact) mass is 382 g/mol. The normalized spacial score (nSPS) is 15.6. The van der Waals surface area contributed by atoms with Gasteiger partial charge in [0.15, 0.2) is 0 Å². The predicted octanol–water partition coefficient (Wildman–Crippen LogP) is 2.67. The van der Waals surface area contributed by atoms with E-state index in [0.29, 0.717) is 31.9 Å². The first kappa shape index (κ1) is 19.9. The Bertz CT molecular complexity index is 836. The van der Waals surface area contributed by atoms with Crippen molar-refractivity contribution in [1.82, 2.24) is 15.1 Å². The summed E-state index contributed by atoms with van der Waals surface area (Å²) in [7, 11) is 1.75. The summed E-state index contributed by atoms with van der Waals surface area (Å²) >= 11 is 0. The van der Waals surface area contributed by atoms with Gasteiger partial charge in [-0.05, 0) is 36.8 Å². The van der Waals surface area contributed by atoms with Crippen LogP contribution in [0, 0.1) is 18.3 Å². The van der Waals surface area contributed by atoms with Crippen molar-refractivity contribution >= 4 is 6.03 Å². The quantitative estimate of drug-likeness (QED) is 0.831. The van der Waals surface area contributed by atoms with Crippen LogP contribution in [0.2, 0.25) is 0 Å². The number of urea groups is 1. The number of nitrogens with one attached hydrogen (secondary N) is 1. The second-order valence-corrected chi connectivity index (χ2v) is 6.97. The van der Waals surface area contributed by atoms with E-state index < -0.39 is 0 Å². The second kappa shape index (κ2) is 9.40. The van der Waals surface area contributed by atoms with Gasteiger partial charge in [0.1, 0.15) is 11.5 Å². The van der Waals surface area contributed by atoms with Crippen LogP contribution in [-0.4, -0.2) is 55.7 Å². The molecule has 2 amide bonds. The number of morpholine rings is 1. The lowest BCUT2D eigenvalue weighted by Gasteiger charge is -2.33. The van der Waals surface area contributed by atoms with Crippen LogP contribution in [0.15, 0.2) is 40.8 Å². The van der Waals surface area contributed by atoms with Crippen LogP contribution in [0.5, 0.6) is 0 Å². The van der Waals surface area contributed by atoms with Crippen molar-refractivity contribution in [3.8, 4) is 6.07 Å². The number of carbonyl (C=O) groups excluding carboxylic acids is 1. The molecular formula is C21H26N4O3. The van der Waals surface area contributed by atoms with E-state index in [1.807, 2.05) is 31.2 Å². The highest BCUT2D eigenvalue weighted by molar-refractivity contribution is 5.73. The summed E-state index contributed by atoms with van der Waals surface area (Å²) in [6.45, 7) is 5.77. The van der Waals surface area contributed by atoms with Crippen molar-refractivity contribution in [2.24, 2.45) is 0 Å². The summed E-state index contributed by atoms with van der Waals surface area (Å²) in [5, 5.41) is 12.0. The summed E-state index contributed by atoms with van der Waals surface area (Å²) < 4.78 is 11.3. The Morgan fingerprint density at radius 1 is 1.32 bits per heavy atom. The van der Waals surface area contributed by atoms with E-state index in [4.69, 9.17) is 14.4 Å². The Morgan fingerprint density at radius 2 is 2.11 bits per heavy atom. The van der Waals surface area contributed by atoms with Crippen LogP contribution in [0.4, 0.5) is 4.79 Å². The van der Waals surface area contributed by atoms with Crippen molar-refractivity contribution in [1.29, 1.82) is 5.26 Å². The van der Waals surface area contributed by atoms with Crippen LogP contribution in [0.3, 0.4) is 0 Å². The average molecular weight is 382 g/mol. The Kier molecular flexibility index (Phi) is 6.69. The number of nitrogens with zero attached hydrogens (tertiary/aromatic N) is 3. The summed E-state index contributed by atoms with van der Waals surface area (Å²) in [5.41, 5.74) is 1.51. The molecule has 7 nitrogen and oxygen atoms in total.